The van der Waals surface area contributed by atoms with Gasteiger partial charge in [0.15, 0.2) is 0 Å². The number of benzene rings is 2. The Kier molecular flexibility index (Phi) is 5.32. The predicted octanol–water partition coefficient (Wildman–Crippen LogP) is 3.97. The van der Waals surface area contributed by atoms with Crippen LogP contribution < -0.4 is 0 Å². The highest BCUT2D eigenvalue weighted by atomic mass is 19.4. The summed E-state index contributed by atoms with van der Waals surface area (Å²) in [5, 5.41) is 0. The van der Waals surface area contributed by atoms with Crippen LogP contribution in [0.3, 0.4) is 0 Å². The lowest BCUT2D eigenvalue weighted by Crippen LogP contribution is -2.48. The molecule has 1 heterocycles. The zero-order valence-electron chi connectivity index (χ0n) is 14.6. The minimum atomic E-state index is -4.32. The summed E-state index contributed by atoms with van der Waals surface area (Å²) in [6.07, 6.45) is -4.32. The van der Waals surface area contributed by atoms with E-state index in [-0.39, 0.29) is 5.91 Å². The predicted molar refractivity (Wildman–Crippen MR) is 93.8 cm³/mol. The van der Waals surface area contributed by atoms with E-state index in [0.29, 0.717) is 43.9 Å². The molecule has 0 N–H and O–H groups in total. The van der Waals surface area contributed by atoms with E-state index in [9.17, 15) is 18.0 Å². The maximum Gasteiger partial charge on any atom is 0.416 e. The van der Waals surface area contributed by atoms with Crippen LogP contribution in [-0.2, 0) is 12.7 Å². The van der Waals surface area contributed by atoms with Crippen molar-refractivity contribution in [1.29, 1.82) is 0 Å². The molecule has 0 aliphatic carbocycles. The highest BCUT2D eigenvalue weighted by molar-refractivity contribution is 5.95. The largest absolute Gasteiger partial charge is 0.416 e. The van der Waals surface area contributed by atoms with Gasteiger partial charge in [0.05, 0.1) is 5.56 Å². The molecule has 0 aromatic heterocycles. The number of hydrogen-bond donors (Lipinski definition) is 0. The number of carbonyl (C=O) groups excluding carboxylic acids is 1. The van der Waals surface area contributed by atoms with Crippen molar-refractivity contribution in [3.8, 4) is 0 Å². The molecule has 6 heteroatoms. The van der Waals surface area contributed by atoms with Crippen molar-refractivity contribution < 1.29 is 18.0 Å². The molecular formula is C20H21F3N2O. The number of hydrogen-bond acceptors (Lipinski definition) is 2. The van der Waals surface area contributed by atoms with Crippen LogP contribution in [-0.4, -0.2) is 41.9 Å². The average Bonchev–Trinajstić information content (AvgIpc) is 2.62. The summed E-state index contributed by atoms with van der Waals surface area (Å²) in [7, 11) is 0. The first-order chi connectivity index (χ1) is 12.3. The normalized spacial score (nSPS) is 15.9. The first-order valence-electron chi connectivity index (χ1n) is 8.58. The molecule has 1 saturated heterocycles. The third-order valence-electron chi connectivity index (χ3n) is 4.70. The van der Waals surface area contributed by atoms with Gasteiger partial charge in [0.25, 0.3) is 5.91 Å². The summed E-state index contributed by atoms with van der Waals surface area (Å²) >= 11 is 0. The van der Waals surface area contributed by atoms with Crippen LogP contribution in [0.5, 0.6) is 0 Å². The molecule has 2 aromatic rings. The number of carbonyl (C=O) groups is 1. The van der Waals surface area contributed by atoms with Crippen molar-refractivity contribution in [3.63, 3.8) is 0 Å². The summed E-state index contributed by atoms with van der Waals surface area (Å²) in [5.74, 6) is 0.0156. The van der Waals surface area contributed by atoms with Crippen LogP contribution in [0.25, 0.3) is 0 Å². The maximum atomic E-state index is 12.8. The molecule has 0 spiro atoms. The van der Waals surface area contributed by atoms with Gasteiger partial charge in [-0.2, -0.15) is 13.2 Å². The van der Waals surface area contributed by atoms with Crippen molar-refractivity contribution in [1.82, 2.24) is 9.80 Å². The third-order valence-corrected chi connectivity index (χ3v) is 4.70. The van der Waals surface area contributed by atoms with E-state index < -0.39 is 11.7 Å². The fraction of sp³-hybridized carbons (Fsp3) is 0.350. The number of piperazine rings is 1. The highest BCUT2D eigenvalue weighted by Gasteiger charge is 2.30. The summed E-state index contributed by atoms with van der Waals surface area (Å²) < 4.78 is 38.5. The number of halogens is 3. The van der Waals surface area contributed by atoms with Crippen LogP contribution in [0.15, 0.2) is 48.5 Å². The SMILES string of the molecule is Cc1ccccc1C(=O)N1CCN(Cc2cccc(C(F)(F)F)c2)CC1. The molecule has 1 aliphatic heterocycles. The van der Waals surface area contributed by atoms with E-state index >= 15 is 0 Å². The van der Waals surface area contributed by atoms with Gasteiger partial charge in [0.1, 0.15) is 0 Å². The highest BCUT2D eigenvalue weighted by Crippen LogP contribution is 2.29. The van der Waals surface area contributed by atoms with Gasteiger partial charge in [-0.15, -0.1) is 0 Å². The van der Waals surface area contributed by atoms with Gasteiger partial charge in [-0.3, -0.25) is 9.69 Å². The van der Waals surface area contributed by atoms with Gasteiger partial charge in [0.2, 0.25) is 0 Å². The van der Waals surface area contributed by atoms with Crippen LogP contribution in [0.4, 0.5) is 13.2 Å². The zero-order valence-corrected chi connectivity index (χ0v) is 14.6. The molecular weight excluding hydrogens is 341 g/mol. The van der Waals surface area contributed by atoms with Gasteiger partial charge in [-0.1, -0.05) is 36.4 Å². The Labute approximate surface area is 151 Å². The minimum Gasteiger partial charge on any atom is -0.336 e. The Morgan fingerprint density at radius 1 is 1.00 bits per heavy atom. The number of rotatable bonds is 3. The minimum absolute atomic E-state index is 0.0156. The first kappa shape index (κ1) is 18.5. The molecule has 0 radical (unpaired) electrons. The third kappa shape index (κ3) is 4.25. The Hall–Kier alpha value is -2.34. The molecule has 1 fully saturated rings. The molecule has 26 heavy (non-hydrogen) atoms. The lowest BCUT2D eigenvalue weighted by atomic mass is 10.1. The number of alkyl halides is 3. The van der Waals surface area contributed by atoms with E-state index in [1.807, 2.05) is 36.1 Å². The monoisotopic (exact) mass is 362 g/mol. The van der Waals surface area contributed by atoms with E-state index in [1.54, 1.807) is 6.07 Å². The van der Waals surface area contributed by atoms with E-state index in [0.717, 1.165) is 11.6 Å². The van der Waals surface area contributed by atoms with Crippen molar-refractivity contribution in [2.75, 3.05) is 26.2 Å². The smallest absolute Gasteiger partial charge is 0.336 e. The second-order valence-electron chi connectivity index (χ2n) is 6.58. The second kappa shape index (κ2) is 7.50. The molecule has 3 nitrogen and oxygen atoms in total. The Bertz CT molecular complexity index is 781. The molecule has 0 bridgehead atoms. The topological polar surface area (TPSA) is 23.6 Å². The lowest BCUT2D eigenvalue weighted by Gasteiger charge is -2.35. The van der Waals surface area contributed by atoms with Crippen molar-refractivity contribution in [3.05, 3.63) is 70.8 Å². The standard InChI is InChI=1S/C20H21F3N2O/c1-15-5-2-3-8-18(15)19(26)25-11-9-24(10-12-25)14-16-6-4-7-17(13-16)20(21,22)23/h2-8,13H,9-12,14H2,1H3. The Balaban J connectivity index is 1.59. The summed E-state index contributed by atoms with van der Waals surface area (Å²) in [5.41, 5.74) is 1.67. The van der Waals surface area contributed by atoms with Crippen molar-refractivity contribution in [2.24, 2.45) is 0 Å². The average molecular weight is 362 g/mol. The quantitative estimate of drug-likeness (QED) is 0.825. The number of aryl methyl sites for hydroxylation is 1. The molecule has 2 aromatic carbocycles. The van der Waals surface area contributed by atoms with Crippen LogP contribution in [0.1, 0.15) is 27.0 Å². The Morgan fingerprint density at radius 2 is 1.69 bits per heavy atom. The maximum absolute atomic E-state index is 12.8. The van der Waals surface area contributed by atoms with Gasteiger partial charge in [-0.05, 0) is 30.2 Å². The van der Waals surface area contributed by atoms with Gasteiger partial charge >= 0.3 is 6.18 Å². The summed E-state index contributed by atoms with van der Waals surface area (Å²) in [4.78, 5) is 16.5. The lowest BCUT2D eigenvalue weighted by molar-refractivity contribution is -0.137. The van der Waals surface area contributed by atoms with Crippen molar-refractivity contribution in [2.45, 2.75) is 19.6 Å². The van der Waals surface area contributed by atoms with Crippen LogP contribution in [0, 0.1) is 6.92 Å². The molecule has 0 unspecified atom stereocenters. The fourth-order valence-corrected chi connectivity index (χ4v) is 3.20. The molecule has 0 atom stereocenters. The van der Waals surface area contributed by atoms with Gasteiger partial charge in [-0.25, -0.2) is 0 Å². The van der Waals surface area contributed by atoms with E-state index in [1.165, 1.54) is 12.1 Å². The van der Waals surface area contributed by atoms with Gasteiger partial charge < -0.3 is 4.90 Å². The molecule has 3 rings (SSSR count). The van der Waals surface area contributed by atoms with Crippen LogP contribution >= 0.6 is 0 Å². The number of amides is 1. The summed E-state index contributed by atoms with van der Waals surface area (Å²) in [6, 6.07) is 12.9. The Morgan fingerprint density at radius 3 is 2.35 bits per heavy atom. The summed E-state index contributed by atoms with van der Waals surface area (Å²) in [6.45, 7) is 4.81. The molecule has 1 aliphatic rings. The van der Waals surface area contributed by atoms with E-state index in [2.05, 4.69) is 4.90 Å². The first-order valence-corrected chi connectivity index (χ1v) is 8.58. The molecule has 138 valence electrons. The van der Waals surface area contributed by atoms with Crippen LogP contribution in [0.2, 0.25) is 0 Å². The fourth-order valence-electron chi connectivity index (χ4n) is 3.20. The number of nitrogens with zero attached hydrogens (tertiary/aromatic N) is 2. The molecule has 1 amide bonds. The van der Waals surface area contributed by atoms with E-state index in [4.69, 9.17) is 0 Å². The van der Waals surface area contributed by atoms with Crippen molar-refractivity contribution >= 4 is 5.91 Å². The zero-order chi connectivity index (χ0) is 18.7. The second-order valence-corrected chi connectivity index (χ2v) is 6.58. The molecule has 0 saturated carbocycles. The van der Waals surface area contributed by atoms with Gasteiger partial charge in [0, 0.05) is 38.3 Å².